The molecule has 1 unspecified atom stereocenters. The molecule has 1 N–H and O–H groups in total. The molecule has 3 aliphatic rings. The minimum Gasteiger partial charge on any atom is -0.478 e. The van der Waals surface area contributed by atoms with E-state index in [1.807, 2.05) is 0 Å². The van der Waals surface area contributed by atoms with E-state index >= 15 is 0 Å². The van der Waals surface area contributed by atoms with Crippen LogP contribution in [-0.4, -0.2) is 53.5 Å². The van der Waals surface area contributed by atoms with Gasteiger partial charge in [0.15, 0.2) is 0 Å². The van der Waals surface area contributed by atoms with E-state index in [0.717, 1.165) is 57.1 Å². The van der Waals surface area contributed by atoms with Gasteiger partial charge >= 0.3 is 5.97 Å². The Hall–Kier alpha value is -0.930. The van der Waals surface area contributed by atoms with Crippen LogP contribution in [0.1, 0.15) is 60.5 Å². The lowest BCUT2D eigenvalue weighted by molar-refractivity contribution is 0.0343. The first-order valence-electron chi connectivity index (χ1n) is 10.2. The number of aromatic nitrogens is 1. The molecule has 1 saturated carbocycles. The van der Waals surface area contributed by atoms with Crippen LogP contribution < -0.4 is 4.74 Å². The number of rotatable bonds is 6. The highest BCUT2D eigenvalue weighted by Crippen LogP contribution is 2.40. The maximum Gasteiger partial charge on any atom is 0.335 e. The zero-order chi connectivity index (χ0) is 19.8. The van der Waals surface area contributed by atoms with Crippen LogP contribution in [-0.2, 0) is 9.47 Å². The summed E-state index contributed by atoms with van der Waals surface area (Å²) in [4.78, 5) is 15.6. The SMILES string of the molecule is ICC1CCOCC1.O=C(O)c1cc(OCC2CCCOC2)nc(C2CC2)c1. The van der Waals surface area contributed by atoms with Crippen molar-refractivity contribution >= 4 is 28.6 Å². The predicted octanol–water partition coefficient (Wildman–Crippen LogP) is 4.31. The van der Waals surface area contributed by atoms with E-state index in [-0.39, 0.29) is 5.56 Å². The van der Waals surface area contributed by atoms with Gasteiger partial charge in [0.25, 0.3) is 0 Å². The van der Waals surface area contributed by atoms with E-state index in [2.05, 4.69) is 27.6 Å². The van der Waals surface area contributed by atoms with Gasteiger partial charge in [0.1, 0.15) is 0 Å². The third kappa shape index (κ3) is 7.15. The summed E-state index contributed by atoms with van der Waals surface area (Å²) in [6.07, 6.45) is 6.89. The number of hydrogen-bond donors (Lipinski definition) is 1. The number of nitrogens with zero attached hydrogens (tertiary/aromatic N) is 1. The van der Waals surface area contributed by atoms with Crippen LogP contribution >= 0.6 is 22.6 Å². The van der Waals surface area contributed by atoms with Crippen molar-refractivity contribution in [3.8, 4) is 5.88 Å². The lowest BCUT2D eigenvalue weighted by Crippen LogP contribution is -2.23. The van der Waals surface area contributed by atoms with Crippen molar-refractivity contribution in [2.75, 3.05) is 37.5 Å². The second-order valence-electron chi connectivity index (χ2n) is 7.80. The Morgan fingerprint density at radius 2 is 1.89 bits per heavy atom. The molecule has 0 amide bonds. The van der Waals surface area contributed by atoms with Gasteiger partial charge in [0, 0.05) is 47.8 Å². The van der Waals surface area contributed by atoms with Crippen LogP contribution in [0, 0.1) is 11.8 Å². The molecule has 1 aromatic rings. The fourth-order valence-corrected chi connectivity index (χ4v) is 4.24. The van der Waals surface area contributed by atoms with Crippen LogP contribution in [0.5, 0.6) is 5.88 Å². The van der Waals surface area contributed by atoms with Crippen molar-refractivity contribution < 1.29 is 24.1 Å². The van der Waals surface area contributed by atoms with Crippen LogP contribution in [0.4, 0.5) is 0 Å². The number of pyridine rings is 1. The van der Waals surface area contributed by atoms with Crippen LogP contribution in [0.25, 0.3) is 0 Å². The molecule has 28 heavy (non-hydrogen) atoms. The van der Waals surface area contributed by atoms with Gasteiger partial charge in [0.2, 0.25) is 5.88 Å². The molecule has 0 radical (unpaired) electrons. The maximum atomic E-state index is 11.2. The van der Waals surface area contributed by atoms with E-state index in [9.17, 15) is 4.79 Å². The monoisotopic (exact) mass is 503 g/mol. The van der Waals surface area contributed by atoms with Crippen molar-refractivity contribution in [2.24, 2.45) is 11.8 Å². The summed E-state index contributed by atoms with van der Waals surface area (Å²) in [6, 6.07) is 3.18. The molecule has 3 fully saturated rings. The molecule has 1 atom stereocenters. The normalized spacial score (nSPS) is 22.8. The van der Waals surface area contributed by atoms with Crippen molar-refractivity contribution in [2.45, 2.75) is 44.4 Å². The second-order valence-corrected chi connectivity index (χ2v) is 8.68. The van der Waals surface area contributed by atoms with Crippen molar-refractivity contribution in [3.05, 3.63) is 23.4 Å². The number of carbonyl (C=O) groups is 1. The van der Waals surface area contributed by atoms with E-state index in [0.29, 0.717) is 30.9 Å². The number of hydrogen-bond acceptors (Lipinski definition) is 5. The Morgan fingerprint density at radius 3 is 2.46 bits per heavy atom. The Bertz CT molecular complexity index is 625. The summed E-state index contributed by atoms with van der Waals surface area (Å²) in [6.45, 7) is 4.07. The molecule has 3 heterocycles. The number of halogens is 1. The molecule has 1 aliphatic carbocycles. The standard InChI is InChI=1S/C15H19NO4.C6H11IO/c17-15(18)12-6-13(11-3-4-11)16-14(7-12)20-9-10-2-1-5-19-8-10;7-5-6-1-3-8-4-2-6/h6-7,10-11H,1-5,8-9H2,(H,17,18);6H,1-5H2. The largest absolute Gasteiger partial charge is 0.478 e. The smallest absolute Gasteiger partial charge is 0.335 e. The number of carboxylic acid groups (broad SMARTS) is 1. The molecule has 156 valence electrons. The minimum absolute atomic E-state index is 0.261. The number of carboxylic acids is 1. The highest BCUT2D eigenvalue weighted by Gasteiger charge is 2.27. The fourth-order valence-electron chi connectivity index (χ4n) is 3.35. The molecule has 6 nitrogen and oxygen atoms in total. The molecular formula is C21H30INO5. The topological polar surface area (TPSA) is 77.9 Å². The van der Waals surface area contributed by atoms with E-state index in [1.54, 1.807) is 6.07 Å². The Kier molecular flexibility index (Phi) is 8.79. The van der Waals surface area contributed by atoms with Gasteiger partial charge in [-0.15, -0.1) is 0 Å². The Balaban J connectivity index is 0.000000236. The molecule has 0 spiro atoms. The summed E-state index contributed by atoms with van der Waals surface area (Å²) in [5.74, 6) is 1.24. The van der Waals surface area contributed by atoms with Gasteiger partial charge in [0.05, 0.1) is 18.8 Å². The third-order valence-corrected chi connectivity index (χ3v) is 6.59. The lowest BCUT2D eigenvalue weighted by atomic mass is 10.0. The van der Waals surface area contributed by atoms with Crippen molar-refractivity contribution in [1.29, 1.82) is 0 Å². The molecular weight excluding hydrogens is 473 g/mol. The minimum atomic E-state index is -0.930. The zero-order valence-corrected chi connectivity index (χ0v) is 18.4. The van der Waals surface area contributed by atoms with Gasteiger partial charge in [-0.1, -0.05) is 22.6 Å². The van der Waals surface area contributed by atoms with Crippen molar-refractivity contribution in [3.63, 3.8) is 0 Å². The molecule has 0 bridgehead atoms. The number of alkyl halides is 1. The van der Waals surface area contributed by atoms with E-state index in [1.165, 1.54) is 23.3 Å². The highest BCUT2D eigenvalue weighted by molar-refractivity contribution is 14.1. The van der Waals surface area contributed by atoms with Gasteiger partial charge in [-0.05, 0) is 50.5 Å². The average Bonchev–Trinajstić information content (AvgIpc) is 3.59. The third-order valence-electron chi connectivity index (χ3n) is 5.34. The maximum absolute atomic E-state index is 11.2. The van der Waals surface area contributed by atoms with Crippen LogP contribution in [0.15, 0.2) is 12.1 Å². The molecule has 4 rings (SSSR count). The number of aromatic carboxylic acids is 1. The van der Waals surface area contributed by atoms with Crippen LogP contribution in [0.2, 0.25) is 0 Å². The van der Waals surface area contributed by atoms with Gasteiger partial charge in [-0.2, -0.15) is 0 Å². The predicted molar refractivity (Wildman–Crippen MR) is 115 cm³/mol. The molecule has 1 aromatic heterocycles. The average molecular weight is 503 g/mol. The van der Waals surface area contributed by atoms with Gasteiger partial charge in [-0.25, -0.2) is 9.78 Å². The first-order chi connectivity index (χ1) is 13.7. The first-order valence-corrected chi connectivity index (χ1v) is 11.8. The Labute approximate surface area is 180 Å². The molecule has 2 saturated heterocycles. The summed E-state index contributed by atoms with van der Waals surface area (Å²) < 4.78 is 17.6. The first kappa shape index (κ1) is 21.8. The number of ether oxygens (including phenoxy) is 3. The quantitative estimate of drug-likeness (QED) is 0.461. The van der Waals surface area contributed by atoms with E-state index in [4.69, 9.17) is 19.3 Å². The summed E-state index contributed by atoms with van der Waals surface area (Å²) >= 11 is 2.45. The summed E-state index contributed by atoms with van der Waals surface area (Å²) in [5, 5.41) is 9.15. The Morgan fingerprint density at radius 1 is 1.11 bits per heavy atom. The van der Waals surface area contributed by atoms with Gasteiger partial charge < -0.3 is 19.3 Å². The zero-order valence-electron chi connectivity index (χ0n) is 16.3. The van der Waals surface area contributed by atoms with Gasteiger partial charge in [-0.3, -0.25) is 0 Å². The molecule has 2 aliphatic heterocycles. The summed E-state index contributed by atoms with van der Waals surface area (Å²) in [7, 11) is 0. The summed E-state index contributed by atoms with van der Waals surface area (Å²) in [5.41, 5.74) is 1.11. The van der Waals surface area contributed by atoms with Crippen LogP contribution in [0.3, 0.4) is 0 Å². The van der Waals surface area contributed by atoms with E-state index < -0.39 is 5.97 Å². The van der Waals surface area contributed by atoms with Crippen molar-refractivity contribution in [1.82, 2.24) is 4.98 Å². The lowest BCUT2D eigenvalue weighted by Gasteiger charge is -2.22. The fraction of sp³-hybridized carbons (Fsp3) is 0.714. The molecule has 0 aromatic carbocycles. The second kappa shape index (κ2) is 11.3. The molecule has 7 heteroatoms. The highest BCUT2D eigenvalue weighted by atomic mass is 127.